The lowest BCUT2D eigenvalue weighted by atomic mass is 10.2. The molecule has 0 fully saturated rings. The highest BCUT2D eigenvalue weighted by atomic mass is 32.2. The van der Waals surface area contributed by atoms with Gasteiger partial charge in [-0.2, -0.15) is 0 Å². The Bertz CT molecular complexity index is 1310. The standard InChI is InChI=1S/C26H27FN2O6S/c1-3-4-15-34-26(31)19-5-9-21(10-6-19)28-25(30)17-35-24-14-13-23(16-18(24)2)36(32,33)29-22-11-7-20(27)8-12-22/h5-14,16,29H,3-4,15,17H2,1-2H3,(H,28,30). The number of aryl methyl sites for hydroxylation is 1. The van der Waals surface area contributed by atoms with Crippen LogP contribution in [0.15, 0.2) is 71.6 Å². The Kier molecular flexibility index (Phi) is 9.02. The molecule has 3 rings (SSSR count). The summed E-state index contributed by atoms with van der Waals surface area (Å²) >= 11 is 0. The van der Waals surface area contributed by atoms with Gasteiger partial charge in [0.15, 0.2) is 6.61 Å². The minimum Gasteiger partial charge on any atom is -0.483 e. The molecule has 3 aromatic rings. The number of rotatable bonds is 11. The van der Waals surface area contributed by atoms with Crippen LogP contribution in [0.1, 0.15) is 35.7 Å². The number of esters is 1. The van der Waals surface area contributed by atoms with Gasteiger partial charge in [-0.15, -0.1) is 0 Å². The first-order valence-corrected chi connectivity index (χ1v) is 12.7. The van der Waals surface area contributed by atoms with Crippen LogP contribution in [0.3, 0.4) is 0 Å². The lowest BCUT2D eigenvalue weighted by Crippen LogP contribution is -2.20. The van der Waals surface area contributed by atoms with E-state index in [4.69, 9.17) is 9.47 Å². The van der Waals surface area contributed by atoms with Gasteiger partial charge in [0.05, 0.1) is 17.1 Å². The summed E-state index contributed by atoms with van der Waals surface area (Å²) < 4.78 is 51.3. The van der Waals surface area contributed by atoms with Crippen molar-refractivity contribution >= 4 is 33.3 Å². The third kappa shape index (κ3) is 7.54. The van der Waals surface area contributed by atoms with E-state index in [1.54, 1.807) is 31.2 Å². The third-order valence-corrected chi connectivity index (χ3v) is 6.43. The van der Waals surface area contributed by atoms with Gasteiger partial charge in [-0.3, -0.25) is 9.52 Å². The number of benzene rings is 3. The van der Waals surface area contributed by atoms with Gasteiger partial charge in [0.1, 0.15) is 11.6 Å². The van der Waals surface area contributed by atoms with Crippen molar-refractivity contribution in [3.63, 3.8) is 0 Å². The van der Waals surface area contributed by atoms with Crippen LogP contribution in [0.4, 0.5) is 15.8 Å². The molecule has 0 aliphatic heterocycles. The molecule has 0 bridgehead atoms. The minimum atomic E-state index is -3.89. The molecule has 8 nitrogen and oxygen atoms in total. The van der Waals surface area contributed by atoms with Crippen molar-refractivity contribution in [1.82, 2.24) is 0 Å². The smallest absolute Gasteiger partial charge is 0.338 e. The van der Waals surface area contributed by atoms with E-state index in [1.807, 2.05) is 6.92 Å². The van der Waals surface area contributed by atoms with Crippen molar-refractivity contribution in [1.29, 1.82) is 0 Å². The van der Waals surface area contributed by atoms with Crippen LogP contribution in [0.2, 0.25) is 0 Å². The SMILES string of the molecule is CCCCOC(=O)c1ccc(NC(=O)COc2ccc(S(=O)(=O)Nc3ccc(F)cc3)cc2C)cc1. The van der Waals surface area contributed by atoms with Crippen molar-refractivity contribution < 1.29 is 31.9 Å². The molecule has 190 valence electrons. The quantitative estimate of drug-likeness (QED) is 0.278. The number of ether oxygens (including phenoxy) is 2. The number of nitrogens with one attached hydrogen (secondary N) is 2. The predicted molar refractivity (Wildman–Crippen MR) is 134 cm³/mol. The Labute approximate surface area is 209 Å². The molecular weight excluding hydrogens is 487 g/mol. The predicted octanol–water partition coefficient (Wildman–Crippen LogP) is 4.91. The Morgan fingerprint density at radius 1 is 0.944 bits per heavy atom. The topological polar surface area (TPSA) is 111 Å². The number of sulfonamides is 1. The van der Waals surface area contributed by atoms with E-state index in [1.165, 1.54) is 30.3 Å². The molecular formula is C26H27FN2O6S. The molecule has 0 aromatic heterocycles. The van der Waals surface area contributed by atoms with E-state index in [2.05, 4.69) is 10.0 Å². The number of hydrogen-bond donors (Lipinski definition) is 2. The highest BCUT2D eigenvalue weighted by Crippen LogP contribution is 2.24. The van der Waals surface area contributed by atoms with Gasteiger partial charge in [-0.25, -0.2) is 17.6 Å². The van der Waals surface area contributed by atoms with Crippen LogP contribution in [0.5, 0.6) is 5.75 Å². The molecule has 0 aliphatic rings. The lowest BCUT2D eigenvalue weighted by molar-refractivity contribution is -0.118. The van der Waals surface area contributed by atoms with Crippen LogP contribution in [-0.4, -0.2) is 33.5 Å². The molecule has 0 unspecified atom stereocenters. The maximum Gasteiger partial charge on any atom is 0.338 e. The maximum absolute atomic E-state index is 13.0. The van der Waals surface area contributed by atoms with Crippen molar-refractivity contribution in [3.05, 3.63) is 83.7 Å². The lowest BCUT2D eigenvalue weighted by Gasteiger charge is -2.12. The molecule has 0 spiro atoms. The van der Waals surface area contributed by atoms with Crippen molar-refractivity contribution in [3.8, 4) is 5.75 Å². The molecule has 0 atom stereocenters. The summed E-state index contributed by atoms with van der Waals surface area (Å²) in [5.74, 6) is -0.976. The minimum absolute atomic E-state index is 0.00515. The second-order valence-electron chi connectivity index (χ2n) is 7.94. The number of carbonyl (C=O) groups excluding carboxylic acids is 2. The first-order chi connectivity index (χ1) is 17.2. The monoisotopic (exact) mass is 514 g/mol. The third-order valence-electron chi connectivity index (χ3n) is 5.05. The zero-order valence-corrected chi connectivity index (χ0v) is 20.7. The number of anilines is 2. The number of carbonyl (C=O) groups is 2. The summed E-state index contributed by atoms with van der Waals surface area (Å²) in [5.41, 5.74) is 1.61. The first kappa shape index (κ1) is 26.7. The highest BCUT2D eigenvalue weighted by Gasteiger charge is 2.16. The summed E-state index contributed by atoms with van der Waals surface area (Å²) in [6.07, 6.45) is 1.72. The number of unbranched alkanes of at least 4 members (excludes halogenated alkanes) is 1. The molecule has 1 amide bonds. The summed E-state index contributed by atoms with van der Waals surface area (Å²) in [4.78, 5) is 24.2. The molecule has 0 aliphatic carbocycles. The van der Waals surface area contributed by atoms with Gasteiger partial charge >= 0.3 is 5.97 Å². The van der Waals surface area contributed by atoms with E-state index in [-0.39, 0.29) is 17.2 Å². The highest BCUT2D eigenvalue weighted by molar-refractivity contribution is 7.92. The van der Waals surface area contributed by atoms with Crippen LogP contribution >= 0.6 is 0 Å². The largest absolute Gasteiger partial charge is 0.483 e. The van der Waals surface area contributed by atoms with E-state index in [9.17, 15) is 22.4 Å². The summed E-state index contributed by atoms with van der Waals surface area (Å²) in [6, 6.07) is 15.5. The van der Waals surface area contributed by atoms with E-state index in [0.29, 0.717) is 29.2 Å². The molecule has 0 saturated carbocycles. The molecule has 3 aromatic carbocycles. The second-order valence-corrected chi connectivity index (χ2v) is 9.63. The molecule has 36 heavy (non-hydrogen) atoms. The molecule has 10 heteroatoms. The normalized spacial score (nSPS) is 11.0. The molecule has 0 heterocycles. The average molecular weight is 515 g/mol. The van der Waals surface area contributed by atoms with Crippen LogP contribution in [0, 0.1) is 12.7 Å². The Balaban J connectivity index is 1.54. The molecule has 0 radical (unpaired) electrons. The van der Waals surface area contributed by atoms with Crippen molar-refractivity contribution in [2.75, 3.05) is 23.3 Å². The van der Waals surface area contributed by atoms with Crippen molar-refractivity contribution in [2.24, 2.45) is 0 Å². The Hall–Kier alpha value is -3.92. The van der Waals surface area contributed by atoms with Crippen molar-refractivity contribution in [2.45, 2.75) is 31.6 Å². The maximum atomic E-state index is 13.0. The fourth-order valence-corrected chi connectivity index (χ4v) is 4.25. The average Bonchev–Trinajstić information content (AvgIpc) is 2.85. The summed E-state index contributed by atoms with van der Waals surface area (Å²) in [6.45, 7) is 3.72. The van der Waals surface area contributed by atoms with Crippen LogP contribution in [-0.2, 0) is 19.6 Å². The van der Waals surface area contributed by atoms with Gasteiger partial charge in [-0.1, -0.05) is 13.3 Å². The summed E-state index contributed by atoms with van der Waals surface area (Å²) in [5, 5.41) is 2.67. The zero-order chi connectivity index (χ0) is 26.1. The summed E-state index contributed by atoms with van der Waals surface area (Å²) in [7, 11) is -3.89. The van der Waals surface area contributed by atoms with Gasteiger partial charge < -0.3 is 14.8 Å². The van der Waals surface area contributed by atoms with E-state index in [0.717, 1.165) is 25.0 Å². The van der Waals surface area contributed by atoms with Gasteiger partial charge in [0.25, 0.3) is 15.9 Å². The fourth-order valence-electron chi connectivity index (χ4n) is 3.11. The number of hydrogen-bond acceptors (Lipinski definition) is 6. The van der Waals surface area contributed by atoms with E-state index < -0.39 is 27.7 Å². The Morgan fingerprint density at radius 3 is 2.25 bits per heavy atom. The molecule has 0 saturated heterocycles. The zero-order valence-electron chi connectivity index (χ0n) is 19.9. The fraction of sp³-hybridized carbons (Fsp3) is 0.231. The number of halogens is 1. The number of amides is 1. The van der Waals surface area contributed by atoms with Gasteiger partial charge in [0, 0.05) is 11.4 Å². The Morgan fingerprint density at radius 2 is 1.61 bits per heavy atom. The van der Waals surface area contributed by atoms with Crippen LogP contribution in [0.25, 0.3) is 0 Å². The second kappa shape index (κ2) is 12.2. The first-order valence-electron chi connectivity index (χ1n) is 11.3. The van der Waals surface area contributed by atoms with E-state index >= 15 is 0 Å². The van der Waals surface area contributed by atoms with Crippen LogP contribution < -0.4 is 14.8 Å². The molecule has 2 N–H and O–H groups in total. The van der Waals surface area contributed by atoms with Gasteiger partial charge in [0.2, 0.25) is 0 Å². The van der Waals surface area contributed by atoms with Gasteiger partial charge in [-0.05, 0) is 85.6 Å².